The lowest BCUT2D eigenvalue weighted by Crippen LogP contribution is -2.55. The Labute approximate surface area is 268 Å². The third-order valence-corrected chi connectivity index (χ3v) is 6.76. The van der Waals surface area contributed by atoms with Gasteiger partial charge in [-0.2, -0.15) is 0 Å². The SMILES string of the molecule is NCC[C@H](NC(=O)[C@H](Cc1cnc[nH]1)NC(=O)OCc1ccccc1)C(=O)NCCC(=O)N[C@@H](Cc1ccc([N+](=O)[O-])cc1)C(=O)O. The van der Waals surface area contributed by atoms with E-state index in [0.717, 1.165) is 5.56 Å². The van der Waals surface area contributed by atoms with Gasteiger partial charge in [-0.1, -0.05) is 42.5 Å². The molecule has 3 rings (SSSR count). The third-order valence-electron chi connectivity index (χ3n) is 6.76. The number of nitrogens with one attached hydrogen (secondary N) is 5. The number of hydrogen-bond acceptors (Lipinski definition) is 10. The molecule has 8 N–H and O–H groups in total. The number of nitrogens with zero attached hydrogens (tertiary/aromatic N) is 2. The number of nitro groups is 1. The van der Waals surface area contributed by atoms with Crippen LogP contribution in [-0.2, 0) is 43.4 Å². The monoisotopic (exact) mass is 652 g/mol. The molecule has 0 fully saturated rings. The molecule has 0 bridgehead atoms. The molecule has 47 heavy (non-hydrogen) atoms. The minimum Gasteiger partial charge on any atom is -0.480 e. The highest BCUT2D eigenvalue weighted by Gasteiger charge is 2.28. The molecule has 0 spiro atoms. The highest BCUT2D eigenvalue weighted by molar-refractivity contribution is 5.91. The van der Waals surface area contributed by atoms with Gasteiger partial charge in [0, 0.05) is 49.8 Å². The second-order valence-electron chi connectivity index (χ2n) is 10.3. The zero-order valence-electron chi connectivity index (χ0n) is 25.2. The molecule has 4 amide bonds. The summed E-state index contributed by atoms with van der Waals surface area (Å²) in [4.78, 5) is 79.9. The highest BCUT2D eigenvalue weighted by atomic mass is 16.6. The molecule has 250 valence electrons. The van der Waals surface area contributed by atoms with Crippen molar-refractivity contribution in [1.29, 1.82) is 0 Å². The molecule has 1 aromatic heterocycles. The maximum absolute atomic E-state index is 13.2. The number of benzene rings is 2. The van der Waals surface area contributed by atoms with E-state index in [9.17, 15) is 39.2 Å². The number of H-pyrrole nitrogens is 1. The number of imidazole rings is 1. The smallest absolute Gasteiger partial charge is 0.408 e. The number of carboxylic acids is 1. The van der Waals surface area contributed by atoms with E-state index in [2.05, 4.69) is 31.2 Å². The molecule has 0 saturated heterocycles. The van der Waals surface area contributed by atoms with Crippen LogP contribution in [0.25, 0.3) is 0 Å². The first kappa shape index (κ1) is 35.6. The molecule has 0 aliphatic heterocycles. The largest absolute Gasteiger partial charge is 0.480 e. The quantitative estimate of drug-likeness (QED) is 0.0726. The summed E-state index contributed by atoms with van der Waals surface area (Å²) in [6.45, 7) is -0.187. The number of carbonyl (C=O) groups excluding carboxylic acids is 4. The number of nitro benzene ring substituents is 1. The number of alkyl carbamates (subject to hydrolysis) is 1. The Hall–Kier alpha value is -5.84. The van der Waals surface area contributed by atoms with Gasteiger partial charge < -0.3 is 41.8 Å². The van der Waals surface area contributed by atoms with Gasteiger partial charge in [0.1, 0.15) is 24.7 Å². The molecule has 2 aromatic carbocycles. The van der Waals surface area contributed by atoms with Gasteiger partial charge in [0.2, 0.25) is 17.7 Å². The number of nitrogens with two attached hydrogens (primary N) is 1. The molecule has 0 saturated carbocycles. The van der Waals surface area contributed by atoms with Gasteiger partial charge in [0.25, 0.3) is 5.69 Å². The Morgan fingerprint density at radius 3 is 2.26 bits per heavy atom. The molecular formula is C30H36N8O9. The normalized spacial score (nSPS) is 12.5. The fourth-order valence-corrected chi connectivity index (χ4v) is 4.32. The highest BCUT2D eigenvalue weighted by Crippen LogP contribution is 2.13. The molecule has 0 unspecified atom stereocenters. The van der Waals surface area contributed by atoms with Gasteiger partial charge in [-0.15, -0.1) is 0 Å². The molecule has 0 aliphatic carbocycles. The number of hydrogen-bond donors (Lipinski definition) is 7. The van der Waals surface area contributed by atoms with Crippen LogP contribution in [0.2, 0.25) is 0 Å². The topological polar surface area (TPSA) is 261 Å². The first-order chi connectivity index (χ1) is 22.5. The summed E-state index contributed by atoms with van der Waals surface area (Å²) in [6.07, 6.45) is 1.68. The van der Waals surface area contributed by atoms with E-state index in [1.807, 2.05) is 6.07 Å². The predicted octanol–water partition coefficient (Wildman–Crippen LogP) is 0.307. The Morgan fingerprint density at radius 1 is 0.915 bits per heavy atom. The zero-order chi connectivity index (χ0) is 34.2. The van der Waals surface area contributed by atoms with Crippen molar-refractivity contribution in [3.05, 3.63) is 94.1 Å². The van der Waals surface area contributed by atoms with Crippen molar-refractivity contribution in [1.82, 2.24) is 31.2 Å². The number of aromatic nitrogens is 2. The molecule has 3 atom stereocenters. The average Bonchev–Trinajstić information content (AvgIpc) is 3.57. The molecule has 3 aromatic rings. The van der Waals surface area contributed by atoms with Crippen LogP contribution in [0.3, 0.4) is 0 Å². The van der Waals surface area contributed by atoms with E-state index in [1.165, 1.54) is 36.8 Å². The minimum absolute atomic E-state index is 0.00796. The lowest BCUT2D eigenvalue weighted by molar-refractivity contribution is -0.384. The number of ether oxygens (including phenoxy) is 1. The number of carboxylic acid groups (broad SMARTS) is 1. The number of aliphatic carboxylic acids is 1. The summed E-state index contributed by atoms with van der Waals surface area (Å²) in [7, 11) is 0. The Bertz CT molecular complexity index is 1500. The van der Waals surface area contributed by atoms with Crippen LogP contribution in [0.15, 0.2) is 67.1 Å². The second kappa shape index (κ2) is 18.2. The van der Waals surface area contributed by atoms with Crippen LogP contribution >= 0.6 is 0 Å². The third kappa shape index (κ3) is 12.2. The molecular weight excluding hydrogens is 616 g/mol. The van der Waals surface area contributed by atoms with Crippen LogP contribution in [-0.4, -0.2) is 81.0 Å². The number of rotatable bonds is 18. The van der Waals surface area contributed by atoms with Gasteiger partial charge >= 0.3 is 12.1 Å². The Kier molecular flexibility index (Phi) is 13.8. The minimum atomic E-state index is -1.32. The zero-order valence-corrected chi connectivity index (χ0v) is 25.2. The van der Waals surface area contributed by atoms with E-state index >= 15 is 0 Å². The fraction of sp³-hybridized carbons (Fsp3) is 0.333. The van der Waals surface area contributed by atoms with Gasteiger partial charge in [-0.25, -0.2) is 14.6 Å². The van der Waals surface area contributed by atoms with Crippen LogP contribution in [0.1, 0.15) is 29.7 Å². The van der Waals surface area contributed by atoms with Crippen LogP contribution < -0.4 is 27.0 Å². The van der Waals surface area contributed by atoms with Gasteiger partial charge in [-0.05, 0) is 24.1 Å². The molecule has 0 radical (unpaired) electrons. The van der Waals surface area contributed by atoms with E-state index in [1.54, 1.807) is 24.3 Å². The summed E-state index contributed by atoms with van der Waals surface area (Å²) in [6, 6.07) is 10.6. The number of amides is 4. The van der Waals surface area contributed by atoms with Crippen LogP contribution in [0.5, 0.6) is 0 Å². The Morgan fingerprint density at radius 2 is 1.64 bits per heavy atom. The summed E-state index contributed by atoms with van der Waals surface area (Å²) >= 11 is 0. The maximum atomic E-state index is 13.2. The summed E-state index contributed by atoms with van der Waals surface area (Å²) in [5, 5.41) is 30.3. The lowest BCUT2D eigenvalue weighted by atomic mass is 10.1. The van der Waals surface area contributed by atoms with Crippen molar-refractivity contribution >= 4 is 35.5 Å². The van der Waals surface area contributed by atoms with E-state index < -0.39 is 52.8 Å². The van der Waals surface area contributed by atoms with Crippen LogP contribution in [0, 0.1) is 10.1 Å². The standard InChI is InChI=1S/C30H36N8O9/c31-12-10-23(27(40)33-13-11-26(39)35-25(29(42)43)14-19-6-8-22(9-7-19)38(45)46)36-28(41)24(15-21-16-32-18-34-21)37-30(44)47-17-20-4-2-1-3-5-20/h1-9,16,18,23-25H,10-15,17,31H2,(H,32,34)(H,33,40)(H,35,39)(H,36,41)(H,37,44)(H,42,43)/t23-,24-,25-/m0/s1. The Balaban J connectivity index is 1.53. The second-order valence-corrected chi connectivity index (χ2v) is 10.3. The molecule has 17 nitrogen and oxygen atoms in total. The van der Waals surface area contributed by atoms with Gasteiger partial charge in [-0.3, -0.25) is 24.5 Å². The van der Waals surface area contributed by atoms with E-state index in [0.29, 0.717) is 11.3 Å². The number of carbonyl (C=O) groups is 5. The first-order valence-corrected chi connectivity index (χ1v) is 14.5. The first-order valence-electron chi connectivity index (χ1n) is 14.5. The van der Waals surface area contributed by atoms with Crippen LogP contribution in [0.4, 0.5) is 10.5 Å². The van der Waals surface area contributed by atoms with Crippen molar-refractivity contribution in [2.45, 2.75) is 50.4 Å². The van der Waals surface area contributed by atoms with Gasteiger partial charge in [0.15, 0.2) is 0 Å². The summed E-state index contributed by atoms with van der Waals surface area (Å²) in [5.41, 5.74) is 7.25. The number of aromatic amines is 1. The van der Waals surface area contributed by atoms with Crippen molar-refractivity contribution in [3.8, 4) is 0 Å². The average molecular weight is 653 g/mol. The van der Waals surface area contributed by atoms with Gasteiger partial charge in [0.05, 0.1) is 11.3 Å². The summed E-state index contributed by atoms with van der Waals surface area (Å²) in [5.74, 6) is -3.33. The predicted molar refractivity (Wildman–Crippen MR) is 165 cm³/mol. The lowest BCUT2D eigenvalue weighted by Gasteiger charge is -2.22. The summed E-state index contributed by atoms with van der Waals surface area (Å²) < 4.78 is 5.24. The van der Waals surface area contributed by atoms with Crippen molar-refractivity contribution in [2.75, 3.05) is 13.1 Å². The molecule has 1 heterocycles. The van der Waals surface area contributed by atoms with Crippen molar-refractivity contribution in [3.63, 3.8) is 0 Å². The molecule has 0 aliphatic rings. The maximum Gasteiger partial charge on any atom is 0.408 e. The van der Waals surface area contributed by atoms with Crippen molar-refractivity contribution in [2.24, 2.45) is 5.73 Å². The molecule has 17 heteroatoms. The number of non-ortho nitro benzene ring substituents is 1. The van der Waals surface area contributed by atoms with Crippen molar-refractivity contribution < 1.29 is 38.7 Å². The fourth-order valence-electron chi connectivity index (χ4n) is 4.32. The van der Waals surface area contributed by atoms with E-state index in [4.69, 9.17) is 10.5 Å². The van der Waals surface area contributed by atoms with E-state index in [-0.39, 0.29) is 51.1 Å².